The van der Waals surface area contributed by atoms with Crippen LogP contribution in [0.4, 0.5) is 23.5 Å². The lowest BCUT2D eigenvalue weighted by molar-refractivity contribution is 0.310. The summed E-state index contributed by atoms with van der Waals surface area (Å²) in [4.78, 5) is 12.7. The van der Waals surface area contributed by atoms with Crippen LogP contribution in [0.1, 0.15) is 0 Å². The number of ether oxygens (including phenoxy) is 2. The summed E-state index contributed by atoms with van der Waals surface area (Å²) < 4.78 is 10.5. The molecule has 0 radical (unpaired) electrons. The van der Waals surface area contributed by atoms with Crippen molar-refractivity contribution in [1.29, 1.82) is 0 Å². The quantitative estimate of drug-likeness (QED) is 0.411. The topological polar surface area (TPSA) is 134 Å². The highest BCUT2D eigenvalue weighted by molar-refractivity contribution is 5.60. The van der Waals surface area contributed by atoms with Crippen molar-refractivity contribution in [3.63, 3.8) is 0 Å². The fourth-order valence-corrected chi connectivity index (χ4v) is 1.93. The zero-order valence-electron chi connectivity index (χ0n) is 14.1. The molecular weight excluding hydrogens is 328 g/mol. The van der Waals surface area contributed by atoms with Gasteiger partial charge in [0.25, 0.3) is 0 Å². The Balaban J connectivity index is 2.27. The predicted molar refractivity (Wildman–Crippen MR) is 93.8 cm³/mol. The maximum atomic E-state index is 8.93. The van der Waals surface area contributed by atoms with Crippen molar-refractivity contribution in [2.24, 2.45) is 0 Å². The number of nitrogens with one attached hydrogen (secondary N) is 3. The lowest BCUT2D eigenvalue weighted by atomic mass is 10.3. The van der Waals surface area contributed by atoms with Gasteiger partial charge in [-0.05, 0) is 0 Å². The van der Waals surface area contributed by atoms with Gasteiger partial charge in [0.1, 0.15) is 11.5 Å². The lowest BCUT2D eigenvalue weighted by Crippen LogP contribution is -2.14. The van der Waals surface area contributed by atoms with Gasteiger partial charge >= 0.3 is 0 Å². The van der Waals surface area contributed by atoms with E-state index >= 15 is 0 Å². The maximum Gasteiger partial charge on any atom is 0.233 e. The molecule has 0 spiro atoms. The Morgan fingerprint density at radius 3 is 1.72 bits per heavy atom. The Morgan fingerprint density at radius 2 is 1.28 bits per heavy atom. The van der Waals surface area contributed by atoms with Crippen molar-refractivity contribution in [1.82, 2.24) is 15.0 Å². The minimum absolute atomic E-state index is 0.0546. The average molecular weight is 350 g/mol. The Labute approximate surface area is 145 Å². The summed E-state index contributed by atoms with van der Waals surface area (Å²) in [5.74, 6) is 2.11. The number of aliphatic hydroxyl groups is 2. The first-order valence-corrected chi connectivity index (χ1v) is 7.64. The number of rotatable bonds is 10. The largest absolute Gasteiger partial charge is 0.497 e. The molecule has 0 atom stereocenters. The van der Waals surface area contributed by atoms with Gasteiger partial charge in [0.15, 0.2) is 0 Å². The molecule has 1 aromatic carbocycles. The summed E-state index contributed by atoms with van der Waals surface area (Å²) in [6, 6.07) is 5.29. The zero-order valence-corrected chi connectivity index (χ0v) is 14.1. The Kier molecular flexibility index (Phi) is 6.99. The molecule has 1 heterocycles. The van der Waals surface area contributed by atoms with Crippen molar-refractivity contribution in [2.45, 2.75) is 0 Å². The highest BCUT2D eigenvalue weighted by Crippen LogP contribution is 2.27. The molecule has 2 aromatic rings. The van der Waals surface area contributed by atoms with Crippen LogP contribution in [0.3, 0.4) is 0 Å². The smallest absolute Gasteiger partial charge is 0.233 e. The predicted octanol–water partition coefficient (Wildman–Crippen LogP) is 0.441. The van der Waals surface area contributed by atoms with Crippen molar-refractivity contribution in [2.75, 3.05) is 56.5 Å². The highest BCUT2D eigenvalue weighted by atomic mass is 16.5. The molecular formula is C15H22N6O4. The minimum Gasteiger partial charge on any atom is -0.497 e. The van der Waals surface area contributed by atoms with Crippen LogP contribution in [0, 0.1) is 0 Å². The second kappa shape index (κ2) is 9.45. The molecule has 2 rings (SSSR count). The molecule has 5 N–H and O–H groups in total. The molecule has 1 aromatic heterocycles. The van der Waals surface area contributed by atoms with Gasteiger partial charge in [0.05, 0.1) is 27.4 Å². The van der Waals surface area contributed by atoms with Crippen LogP contribution in [0.15, 0.2) is 18.2 Å². The first kappa shape index (κ1) is 18.5. The number of nitrogens with zero attached hydrogens (tertiary/aromatic N) is 3. The third-order valence-corrected chi connectivity index (χ3v) is 3.03. The van der Waals surface area contributed by atoms with Crippen LogP contribution >= 0.6 is 0 Å². The van der Waals surface area contributed by atoms with Gasteiger partial charge in [0, 0.05) is 37.0 Å². The Hall–Kier alpha value is -2.85. The number of hydrogen-bond acceptors (Lipinski definition) is 10. The molecule has 0 amide bonds. The van der Waals surface area contributed by atoms with Crippen molar-refractivity contribution in [3.8, 4) is 11.5 Å². The SMILES string of the molecule is COc1cc(Nc2nc(NCCO)nc(NCCO)n2)cc(OC)c1. The van der Waals surface area contributed by atoms with Crippen molar-refractivity contribution in [3.05, 3.63) is 18.2 Å². The van der Waals surface area contributed by atoms with Gasteiger partial charge in [-0.1, -0.05) is 0 Å². The summed E-state index contributed by atoms with van der Waals surface area (Å²) in [6.07, 6.45) is 0. The number of aliphatic hydroxyl groups excluding tert-OH is 2. The van der Waals surface area contributed by atoms with Gasteiger partial charge in [0.2, 0.25) is 17.8 Å². The molecule has 0 aliphatic carbocycles. The van der Waals surface area contributed by atoms with E-state index in [1.54, 1.807) is 32.4 Å². The summed E-state index contributed by atoms with van der Waals surface area (Å²) in [7, 11) is 3.13. The van der Waals surface area contributed by atoms with Gasteiger partial charge in [-0.25, -0.2) is 0 Å². The van der Waals surface area contributed by atoms with Crippen LogP contribution in [-0.2, 0) is 0 Å². The Morgan fingerprint density at radius 1 is 0.800 bits per heavy atom. The molecule has 25 heavy (non-hydrogen) atoms. The van der Waals surface area contributed by atoms with E-state index in [0.717, 1.165) is 0 Å². The van der Waals surface area contributed by atoms with Crippen molar-refractivity contribution < 1.29 is 19.7 Å². The van der Waals surface area contributed by atoms with E-state index in [1.165, 1.54) is 0 Å². The summed E-state index contributed by atoms with van der Waals surface area (Å²) in [6.45, 7) is 0.494. The number of benzene rings is 1. The molecule has 10 nitrogen and oxygen atoms in total. The number of hydrogen-bond donors (Lipinski definition) is 5. The third-order valence-electron chi connectivity index (χ3n) is 3.03. The van der Waals surface area contributed by atoms with E-state index in [0.29, 0.717) is 42.2 Å². The fraction of sp³-hybridized carbons (Fsp3) is 0.400. The van der Waals surface area contributed by atoms with Gasteiger partial charge < -0.3 is 35.6 Å². The molecule has 0 unspecified atom stereocenters. The molecule has 136 valence electrons. The van der Waals surface area contributed by atoms with E-state index in [-0.39, 0.29) is 19.2 Å². The molecule has 10 heteroatoms. The maximum absolute atomic E-state index is 8.93. The van der Waals surface area contributed by atoms with Gasteiger partial charge in [-0.3, -0.25) is 0 Å². The monoisotopic (exact) mass is 350 g/mol. The standard InChI is InChI=1S/C15H22N6O4/c1-24-11-7-10(8-12(9-11)25-2)18-15-20-13(16-3-5-22)19-14(21-15)17-4-6-23/h7-9,22-23H,3-6H2,1-2H3,(H3,16,17,18,19,20,21). The van der Waals surface area contributed by atoms with E-state index in [4.69, 9.17) is 19.7 Å². The molecule has 0 bridgehead atoms. The lowest BCUT2D eigenvalue weighted by Gasteiger charge is -2.12. The van der Waals surface area contributed by atoms with Crippen LogP contribution in [-0.4, -0.2) is 65.7 Å². The number of methoxy groups -OCH3 is 2. The normalized spacial score (nSPS) is 10.2. The third kappa shape index (κ3) is 5.62. The zero-order chi connectivity index (χ0) is 18.1. The van der Waals surface area contributed by atoms with E-state index < -0.39 is 0 Å². The first-order chi connectivity index (χ1) is 12.2. The molecule has 0 saturated heterocycles. The second-order valence-electron chi connectivity index (χ2n) is 4.83. The van der Waals surface area contributed by atoms with Crippen LogP contribution in [0.5, 0.6) is 11.5 Å². The summed E-state index contributed by atoms with van der Waals surface area (Å²) in [5, 5.41) is 26.7. The van der Waals surface area contributed by atoms with E-state index in [9.17, 15) is 0 Å². The molecule has 0 aliphatic rings. The summed E-state index contributed by atoms with van der Waals surface area (Å²) in [5.41, 5.74) is 0.670. The Bertz CT molecular complexity index is 637. The van der Waals surface area contributed by atoms with Crippen LogP contribution in [0.25, 0.3) is 0 Å². The van der Waals surface area contributed by atoms with Crippen LogP contribution < -0.4 is 25.4 Å². The number of aromatic nitrogens is 3. The highest BCUT2D eigenvalue weighted by Gasteiger charge is 2.08. The fourth-order valence-electron chi connectivity index (χ4n) is 1.93. The van der Waals surface area contributed by atoms with Gasteiger partial charge in [-0.15, -0.1) is 0 Å². The molecule has 0 aliphatic heterocycles. The average Bonchev–Trinajstić information content (AvgIpc) is 2.64. The van der Waals surface area contributed by atoms with Crippen LogP contribution in [0.2, 0.25) is 0 Å². The summed E-state index contributed by atoms with van der Waals surface area (Å²) >= 11 is 0. The first-order valence-electron chi connectivity index (χ1n) is 7.64. The van der Waals surface area contributed by atoms with E-state index in [2.05, 4.69) is 30.9 Å². The number of anilines is 4. The molecule has 0 fully saturated rings. The second-order valence-corrected chi connectivity index (χ2v) is 4.83. The molecule has 0 saturated carbocycles. The van der Waals surface area contributed by atoms with Crippen molar-refractivity contribution >= 4 is 23.5 Å². The minimum atomic E-state index is -0.0546. The van der Waals surface area contributed by atoms with Gasteiger partial charge in [-0.2, -0.15) is 15.0 Å². The van der Waals surface area contributed by atoms with E-state index in [1.807, 2.05) is 0 Å².